The van der Waals surface area contributed by atoms with E-state index in [-0.39, 0.29) is 0 Å². The third kappa shape index (κ3) is 3.53. The molecule has 0 amide bonds. The van der Waals surface area contributed by atoms with E-state index < -0.39 is 0 Å². The van der Waals surface area contributed by atoms with Crippen molar-refractivity contribution in [1.82, 2.24) is 15.1 Å². The fourth-order valence-corrected chi connectivity index (χ4v) is 2.49. The molecule has 0 radical (unpaired) electrons. The number of pyridine rings is 1. The van der Waals surface area contributed by atoms with Crippen molar-refractivity contribution in [2.75, 3.05) is 37.0 Å². The largest absolute Gasteiger partial charge is 0.373 e. The summed E-state index contributed by atoms with van der Waals surface area (Å²) in [4.78, 5) is 13.1. The molecule has 0 unspecified atom stereocenters. The highest BCUT2D eigenvalue weighted by molar-refractivity contribution is 5.69. The van der Waals surface area contributed by atoms with Crippen LogP contribution < -0.4 is 9.80 Å². The minimum Gasteiger partial charge on any atom is -0.373 e. The van der Waals surface area contributed by atoms with Gasteiger partial charge < -0.3 is 14.3 Å². The highest BCUT2D eigenvalue weighted by Crippen LogP contribution is 2.26. The van der Waals surface area contributed by atoms with Crippen molar-refractivity contribution in [1.29, 1.82) is 0 Å². The zero-order valence-corrected chi connectivity index (χ0v) is 14.2. The Bertz CT molecular complexity index is 787. The Morgan fingerprint density at radius 3 is 2.42 bits per heavy atom. The summed E-state index contributed by atoms with van der Waals surface area (Å²) in [6.45, 7) is 3.50. The second-order valence-corrected chi connectivity index (χ2v) is 5.70. The van der Waals surface area contributed by atoms with Gasteiger partial charge in [-0.25, -0.2) is 4.98 Å². The number of nitrogens with zero attached hydrogens (tertiary/aromatic N) is 5. The molecule has 0 aliphatic heterocycles. The Hall–Kier alpha value is -2.89. The predicted molar refractivity (Wildman–Crippen MR) is 95.2 cm³/mol. The van der Waals surface area contributed by atoms with Crippen LogP contribution in [-0.2, 0) is 0 Å². The molecule has 3 rings (SSSR count). The van der Waals surface area contributed by atoms with Gasteiger partial charge in [-0.05, 0) is 31.2 Å². The molecule has 24 heavy (non-hydrogen) atoms. The molecule has 0 saturated heterocycles. The van der Waals surface area contributed by atoms with Gasteiger partial charge in [0.2, 0.25) is 0 Å². The summed E-state index contributed by atoms with van der Waals surface area (Å²) < 4.78 is 5.30. The predicted octanol–water partition coefficient (Wildman–Crippen LogP) is 3.01. The lowest BCUT2D eigenvalue weighted by molar-refractivity contribution is 0.425. The van der Waals surface area contributed by atoms with E-state index >= 15 is 0 Å². The van der Waals surface area contributed by atoms with E-state index in [1.807, 2.05) is 44.3 Å². The molecular weight excluding hydrogens is 302 g/mol. The molecular formula is C18H21N5O. The van der Waals surface area contributed by atoms with Gasteiger partial charge in [-0.15, -0.1) is 0 Å². The molecule has 0 aliphatic rings. The Balaban J connectivity index is 1.73. The molecule has 124 valence electrons. The van der Waals surface area contributed by atoms with Crippen LogP contribution in [0, 0.1) is 6.92 Å². The van der Waals surface area contributed by atoms with Gasteiger partial charge in [-0.3, -0.25) is 0 Å². The van der Waals surface area contributed by atoms with Gasteiger partial charge in [-0.2, -0.15) is 4.98 Å². The number of hydrogen-bond donors (Lipinski definition) is 0. The number of hydrogen-bond acceptors (Lipinski definition) is 6. The lowest BCUT2D eigenvalue weighted by atomic mass is 10.2. The molecule has 0 saturated carbocycles. The van der Waals surface area contributed by atoms with E-state index in [2.05, 4.69) is 44.1 Å². The smallest absolute Gasteiger partial charge is 0.261 e. The number of aromatic nitrogens is 3. The Labute approximate surface area is 141 Å². The zero-order chi connectivity index (χ0) is 16.9. The Kier molecular flexibility index (Phi) is 4.74. The maximum absolute atomic E-state index is 5.30. The molecule has 0 bridgehead atoms. The fraction of sp³-hybridized carbons (Fsp3) is 0.278. The van der Waals surface area contributed by atoms with Crippen LogP contribution in [0.15, 0.2) is 53.2 Å². The first-order valence-electron chi connectivity index (χ1n) is 7.88. The van der Waals surface area contributed by atoms with Crippen LogP contribution in [0.1, 0.15) is 5.82 Å². The third-order valence-corrected chi connectivity index (χ3v) is 3.87. The first-order chi connectivity index (χ1) is 11.6. The summed E-state index contributed by atoms with van der Waals surface area (Å²) in [6, 6.07) is 14.2. The summed E-state index contributed by atoms with van der Waals surface area (Å²) in [5, 5.41) is 3.87. The number of benzene rings is 1. The van der Waals surface area contributed by atoms with E-state index in [4.69, 9.17) is 4.52 Å². The van der Waals surface area contributed by atoms with Crippen molar-refractivity contribution in [2.45, 2.75) is 6.92 Å². The van der Waals surface area contributed by atoms with E-state index in [1.165, 1.54) is 5.69 Å². The Morgan fingerprint density at radius 1 is 0.958 bits per heavy atom. The molecule has 6 nitrogen and oxygen atoms in total. The van der Waals surface area contributed by atoms with Crippen molar-refractivity contribution in [2.24, 2.45) is 0 Å². The van der Waals surface area contributed by atoms with Crippen molar-refractivity contribution >= 4 is 11.5 Å². The van der Waals surface area contributed by atoms with Crippen LogP contribution in [-0.4, -0.2) is 42.3 Å². The molecule has 0 aliphatic carbocycles. The van der Waals surface area contributed by atoms with Gasteiger partial charge in [0.05, 0.1) is 5.56 Å². The molecule has 2 heterocycles. The van der Waals surface area contributed by atoms with E-state index in [9.17, 15) is 0 Å². The lowest BCUT2D eigenvalue weighted by Gasteiger charge is -2.25. The molecule has 3 aromatic rings. The average molecular weight is 323 g/mol. The standard InChI is InChI=1S/C18H21N5O/c1-14-20-18(24-21-14)16-10-7-11-19-17(16)23(3)13-12-22(2)15-8-5-4-6-9-15/h4-11H,12-13H2,1-3H3. The quantitative estimate of drug-likeness (QED) is 0.695. The zero-order valence-electron chi connectivity index (χ0n) is 14.2. The lowest BCUT2D eigenvalue weighted by Crippen LogP contribution is -2.31. The van der Waals surface area contributed by atoms with Crippen LogP contribution in [0.5, 0.6) is 0 Å². The highest BCUT2D eigenvalue weighted by atomic mass is 16.5. The van der Waals surface area contributed by atoms with Crippen molar-refractivity contribution in [3.63, 3.8) is 0 Å². The normalized spacial score (nSPS) is 10.6. The minimum absolute atomic E-state index is 0.499. The second kappa shape index (κ2) is 7.12. The molecule has 0 N–H and O–H groups in total. The van der Waals surface area contributed by atoms with Gasteiger partial charge in [0.15, 0.2) is 5.82 Å². The summed E-state index contributed by atoms with van der Waals surface area (Å²) in [5.41, 5.74) is 2.04. The monoisotopic (exact) mass is 323 g/mol. The molecule has 0 atom stereocenters. The van der Waals surface area contributed by atoms with Crippen molar-refractivity contribution in [3.8, 4) is 11.5 Å². The summed E-state index contributed by atoms with van der Waals surface area (Å²) in [7, 11) is 4.11. The van der Waals surface area contributed by atoms with Gasteiger partial charge in [0, 0.05) is 39.1 Å². The number of anilines is 2. The van der Waals surface area contributed by atoms with Crippen LogP contribution in [0.4, 0.5) is 11.5 Å². The van der Waals surface area contributed by atoms with Crippen molar-refractivity contribution < 1.29 is 4.52 Å². The first-order valence-corrected chi connectivity index (χ1v) is 7.88. The second-order valence-electron chi connectivity index (χ2n) is 5.70. The van der Waals surface area contributed by atoms with E-state index in [0.717, 1.165) is 24.5 Å². The van der Waals surface area contributed by atoms with E-state index in [1.54, 1.807) is 6.20 Å². The molecule has 2 aromatic heterocycles. The van der Waals surface area contributed by atoms with Gasteiger partial charge >= 0.3 is 0 Å². The fourth-order valence-electron chi connectivity index (χ4n) is 2.49. The van der Waals surface area contributed by atoms with Gasteiger partial charge in [0.1, 0.15) is 5.82 Å². The number of aryl methyl sites for hydroxylation is 1. The maximum Gasteiger partial charge on any atom is 0.261 e. The summed E-state index contributed by atoms with van der Waals surface area (Å²) in [5.74, 6) is 1.95. The van der Waals surface area contributed by atoms with Gasteiger partial charge in [0.25, 0.3) is 5.89 Å². The van der Waals surface area contributed by atoms with Crippen LogP contribution in [0.3, 0.4) is 0 Å². The van der Waals surface area contributed by atoms with Gasteiger partial charge in [-0.1, -0.05) is 23.4 Å². The SMILES string of the molecule is Cc1noc(-c2cccnc2N(C)CCN(C)c2ccccc2)n1. The van der Waals surface area contributed by atoms with Crippen LogP contribution in [0.25, 0.3) is 11.5 Å². The minimum atomic E-state index is 0.499. The summed E-state index contributed by atoms with van der Waals surface area (Å²) in [6.07, 6.45) is 1.78. The topological polar surface area (TPSA) is 58.3 Å². The first kappa shape index (κ1) is 16.0. The number of para-hydroxylation sites is 1. The van der Waals surface area contributed by atoms with E-state index in [0.29, 0.717) is 11.7 Å². The third-order valence-electron chi connectivity index (χ3n) is 3.87. The summed E-state index contributed by atoms with van der Waals surface area (Å²) >= 11 is 0. The molecule has 6 heteroatoms. The average Bonchev–Trinajstić information content (AvgIpc) is 3.06. The number of likely N-dealkylation sites (N-methyl/N-ethyl adjacent to an activating group) is 2. The van der Waals surface area contributed by atoms with Crippen molar-refractivity contribution in [3.05, 3.63) is 54.5 Å². The molecule has 0 spiro atoms. The maximum atomic E-state index is 5.30. The number of rotatable bonds is 6. The molecule has 1 aromatic carbocycles. The molecule has 0 fully saturated rings. The Morgan fingerprint density at radius 2 is 1.71 bits per heavy atom. The highest BCUT2D eigenvalue weighted by Gasteiger charge is 2.15. The van der Waals surface area contributed by atoms with Crippen LogP contribution >= 0.6 is 0 Å². The van der Waals surface area contributed by atoms with Crippen LogP contribution in [0.2, 0.25) is 0 Å².